The van der Waals surface area contributed by atoms with E-state index in [0.29, 0.717) is 12.5 Å². The van der Waals surface area contributed by atoms with E-state index in [1.165, 1.54) is 13.2 Å². The normalized spacial score (nSPS) is 12.7. The lowest BCUT2D eigenvalue weighted by atomic mass is 10.0. The van der Waals surface area contributed by atoms with Crippen molar-refractivity contribution in [2.75, 3.05) is 7.11 Å². The van der Waals surface area contributed by atoms with Crippen LogP contribution in [0.3, 0.4) is 0 Å². The minimum atomic E-state index is -0.395. The van der Waals surface area contributed by atoms with Gasteiger partial charge < -0.3 is 10.5 Å². The van der Waals surface area contributed by atoms with E-state index in [4.69, 9.17) is 10.5 Å². The number of halogens is 1. The van der Waals surface area contributed by atoms with Crippen molar-refractivity contribution in [2.45, 2.75) is 32.4 Å². The molecule has 0 aliphatic heterocycles. The number of rotatable bonds is 5. The van der Waals surface area contributed by atoms with Crippen molar-refractivity contribution in [1.82, 2.24) is 9.78 Å². The summed E-state index contributed by atoms with van der Waals surface area (Å²) in [6.45, 7) is 4.13. The van der Waals surface area contributed by atoms with Gasteiger partial charge in [0.15, 0.2) is 11.6 Å². The molecule has 2 rings (SSSR count). The van der Waals surface area contributed by atoms with Crippen LogP contribution >= 0.6 is 0 Å². The van der Waals surface area contributed by atoms with Crippen LogP contribution in [0.15, 0.2) is 30.5 Å². The fourth-order valence-corrected chi connectivity index (χ4v) is 2.03. The third kappa shape index (κ3) is 3.17. The third-order valence-corrected chi connectivity index (χ3v) is 3.23. The van der Waals surface area contributed by atoms with Crippen LogP contribution in [0, 0.1) is 5.82 Å². The molecule has 2 N–H and O–H groups in total. The fraction of sp³-hybridized carbons (Fsp3) is 0.400. The summed E-state index contributed by atoms with van der Waals surface area (Å²) >= 11 is 0. The van der Waals surface area contributed by atoms with Gasteiger partial charge in [-0.25, -0.2) is 4.39 Å². The van der Waals surface area contributed by atoms with Crippen molar-refractivity contribution in [3.05, 3.63) is 47.5 Å². The number of ether oxygens (including phenoxy) is 1. The Balaban J connectivity index is 2.10. The molecule has 1 unspecified atom stereocenters. The molecule has 0 aliphatic carbocycles. The predicted molar refractivity (Wildman–Crippen MR) is 76.2 cm³/mol. The second-order valence-electron chi connectivity index (χ2n) is 5.09. The minimum Gasteiger partial charge on any atom is -0.494 e. The van der Waals surface area contributed by atoms with Gasteiger partial charge in [-0.1, -0.05) is 6.07 Å². The van der Waals surface area contributed by atoms with Crippen molar-refractivity contribution < 1.29 is 9.13 Å². The Morgan fingerprint density at radius 3 is 2.65 bits per heavy atom. The molecule has 1 atom stereocenters. The predicted octanol–water partition coefficient (Wildman–Crippen LogP) is 2.85. The highest BCUT2D eigenvalue weighted by molar-refractivity contribution is 5.31. The molecule has 108 valence electrons. The molecule has 0 radical (unpaired) electrons. The summed E-state index contributed by atoms with van der Waals surface area (Å²) in [7, 11) is 1.44. The van der Waals surface area contributed by atoms with Crippen molar-refractivity contribution in [3.8, 4) is 5.75 Å². The SMILES string of the molecule is COc1ccc(C(N)Cc2ccn(C(C)C)n2)cc1F. The zero-order valence-electron chi connectivity index (χ0n) is 12.0. The smallest absolute Gasteiger partial charge is 0.165 e. The van der Waals surface area contributed by atoms with E-state index in [2.05, 4.69) is 18.9 Å². The summed E-state index contributed by atoms with van der Waals surface area (Å²) in [4.78, 5) is 0. The first-order chi connectivity index (χ1) is 9.51. The van der Waals surface area contributed by atoms with Crippen LogP contribution in [0.5, 0.6) is 5.75 Å². The van der Waals surface area contributed by atoms with Gasteiger partial charge in [0.05, 0.1) is 12.8 Å². The van der Waals surface area contributed by atoms with E-state index in [1.807, 2.05) is 16.9 Å². The number of nitrogens with two attached hydrogens (primary N) is 1. The first-order valence-corrected chi connectivity index (χ1v) is 6.64. The summed E-state index contributed by atoms with van der Waals surface area (Å²) in [5.41, 5.74) is 7.76. The quantitative estimate of drug-likeness (QED) is 0.914. The van der Waals surface area contributed by atoms with Crippen LogP contribution in [0.4, 0.5) is 4.39 Å². The number of hydrogen-bond donors (Lipinski definition) is 1. The molecule has 1 heterocycles. The van der Waals surface area contributed by atoms with Crippen LogP contribution < -0.4 is 10.5 Å². The molecular weight excluding hydrogens is 257 g/mol. The Morgan fingerprint density at radius 1 is 1.35 bits per heavy atom. The van der Waals surface area contributed by atoms with Crippen LogP contribution in [0.2, 0.25) is 0 Å². The van der Waals surface area contributed by atoms with Crippen molar-refractivity contribution in [3.63, 3.8) is 0 Å². The van der Waals surface area contributed by atoms with E-state index in [0.717, 1.165) is 11.3 Å². The van der Waals surface area contributed by atoms with Crippen molar-refractivity contribution in [2.24, 2.45) is 5.73 Å². The Bertz CT molecular complexity index is 580. The minimum absolute atomic E-state index is 0.227. The molecule has 20 heavy (non-hydrogen) atoms. The number of aromatic nitrogens is 2. The average Bonchev–Trinajstić information content (AvgIpc) is 2.87. The van der Waals surface area contributed by atoms with Gasteiger partial charge in [-0.05, 0) is 37.6 Å². The van der Waals surface area contributed by atoms with E-state index in [-0.39, 0.29) is 11.8 Å². The van der Waals surface area contributed by atoms with Gasteiger partial charge in [-0.3, -0.25) is 4.68 Å². The number of hydrogen-bond acceptors (Lipinski definition) is 3. The summed E-state index contributed by atoms with van der Waals surface area (Å²) < 4.78 is 20.4. The molecule has 0 saturated carbocycles. The number of nitrogens with zero attached hydrogens (tertiary/aromatic N) is 2. The Labute approximate surface area is 118 Å². The zero-order chi connectivity index (χ0) is 14.7. The second-order valence-corrected chi connectivity index (χ2v) is 5.09. The first kappa shape index (κ1) is 14.5. The van der Waals surface area contributed by atoms with Crippen LogP contribution in [-0.2, 0) is 6.42 Å². The molecule has 0 aliphatic rings. The highest BCUT2D eigenvalue weighted by atomic mass is 19.1. The summed E-state index contributed by atoms with van der Waals surface area (Å²) in [5, 5.41) is 4.45. The lowest BCUT2D eigenvalue weighted by Crippen LogP contribution is -2.14. The molecule has 4 nitrogen and oxygen atoms in total. The van der Waals surface area contributed by atoms with Crippen LogP contribution in [0.1, 0.15) is 37.2 Å². The van der Waals surface area contributed by atoms with Gasteiger partial charge in [0.25, 0.3) is 0 Å². The Kier molecular flexibility index (Phi) is 4.39. The standard InChI is InChI=1S/C15H20FN3O/c1-10(2)19-7-6-12(18-19)9-14(17)11-4-5-15(20-3)13(16)8-11/h4-8,10,14H,9,17H2,1-3H3. The van der Waals surface area contributed by atoms with Crippen LogP contribution in [-0.4, -0.2) is 16.9 Å². The average molecular weight is 277 g/mol. The molecular formula is C15H20FN3O. The molecule has 2 aromatic rings. The third-order valence-electron chi connectivity index (χ3n) is 3.23. The molecule has 0 saturated heterocycles. The zero-order valence-corrected chi connectivity index (χ0v) is 12.0. The lowest BCUT2D eigenvalue weighted by molar-refractivity contribution is 0.386. The number of methoxy groups -OCH3 is 1. The Hall–Kier alpha value is -1.88. The largest absolute Gasteiger partial charge is 0.494 e. The maximum Gasteiger partial charge on any atom is 0.165 e. The molecule has 1 aromatic heterocycles. The maximum absolute atomic E-state index is 13.7. The summed E-state index contributed by atoms with van der Waals surface area (Å²) in [6, 6.07) is 6.77. The first-order valence-electron chi connectivity index (χ1n) is 6.64. The highest BCUT2D eigenvalue weighted by Gasteiger charge is 2.12. The summed E-state index contributed by atoms with van der Waals surface area (Å²) in [5.74, 6) is -0.168. The number of benzene rings is 1. The highest BCUT2D eigenvalue weighted by Crippen LogP contribution is 2.22. The molecule has 5 heteroatoms. The Morgan fingerprint density at radius 2 is 2.10 bits per heavy atom. The molecule has 0 fully saturated rings. The molecule has 0 bridgehead atoms. The van der Waals surface area contributed by atoms with E-state index < -0.39 is 5.82 Å². The van der Waals surface area contributed by atoms with Crippen LogP contribution in [0.25, 0.3) is 0 Å². The van der Waals surface area contributed by atoms with Crippen molar-refractivity contribution in [1.29, 1.82) is 0 Å². The molecule has 0 amide bonds. The van der Waals surface area contributed by atoms with Gasteiger partial charge in [0.2, 0.25) is 0 Å². The molecule has 0 spiro atoms. The van der Waals surface area contributed by atoms with E-state index >= 15 is 0 Å². The van der Waals surface area contributed by atoms with E-state index in [1.54, 1.807) is 12.1 Å². The van der Waals surface area contributed by atoms with Gasteiger partial charge in [0, 0.05) is 24.7 Å². The monoisotopic (exact) mass is 277 g/mol. The van der Waals surface area contributed by atoms with Crippen molar-refractivity contribution >= 4 is 0 Å². The van der Waals surface area contributed by atoms with Gasteiger partial charge >= 0.3 is 0 Å². The second kappa shape index (κ2) is 6.05. The topological polar surface area (TPSA) is 53.1 Å². The van der Waals surface area contributed by atoms with Gasteiger partial charge in [0.1, 0.15) is 0 Å². The summed E-state index contributed by atoms with van der Waals surface area (Å²) in [6.07, 6.45) is 2.51. The van der Waals surface area contributed by atoms with E-state index in [9.17, 15) is 4.39 Å². The van der Waals surface area contributed by atoms with Gasteiger partial charge in [-0.15, -0.1) is 0 Å². The maximum atomic E-state index is 13.7. The lowest BCUT2D eigenvalue weighted by Gasteiger charge is -2.12. The van der Waals surface area contributed by atoms with Gasteiger partial charge in [-0.2, -0.15) is 5.10 Å². The fourth-order valence-electron chi connectivity index (χ4n) is 2.03. The molecule has 1 aromatic carbocycles.